The Morgan fingerprint density at radius 1 is 1.11 bits per heavy atom. The standard InChI is InChI=1S/C33H41N5O6S2/c1-21(37-46-18-24(39)17-44-28-12-8-11-23-16-34-14-13-25(23)28)30(41)35-26(15-22-9-6-5-7-10-22)29(40)32(43)38-20-45-19-27(38)31(42)36-33(2,3)4/h5-14,16,21,26-27,29,37,40H,15,17-20H2,1-4H3,(H,35,41)(H,36,42)/t21-,26-,27-,29-/m0/s1. The van der Waals surface area contributed by atoms with E-state index in [1.165, 1.54) is 16.7 Å². The van der Waals surface area contributed by atoms with Crippen molar-refractivity contribution in [2.45, 2.75) is 63.9 Å². The van der Waals surface area contributed by atoms with E-state index in [1.54, 1.807) is 25.4 Å². The molecule has 3 aromatic rings. The average Bonchev–Trinajstić information content (AvgIpc) is 3.53. The number of thioether (sulfide) groups is 1. The van der Waals surface area contributed by atoms with E-state index in [1.807, 2.05) is 69.3 Å². The molecule has 246 valence electrons. The predicted molar refractivity (Wildman–Crippen MR) is 181 cm³/mol. The number of carbonyl (C=O) groups is 4. The maximum atomic E-state index is 13.6. The Bertz CT molecular complexity index is 1510. The summed E-state index contributed by atoms with van der Waals surface area (Å²) < 4.78 is 8.71. The van der Waals surface area contributed by atoms with Gasteiger partial charge in [0.2, 0.25) is 11.8 Å². The van der Waals surface area contributed by atoms with Crippen molar-refractivity contribution in [1.82, 2.24) is 25.2 Å². The van der Waals surface area contributed by atoms with Gasteiger partial charge in [0, 0.05) is 34.5 Å². The van der Waals surface area contributed by atoms with E-state index in [0.717, 1.165) is 28.3 Å². The number of aromatic nitrogens is 1. The van der Waals surface area contributed by atoms with Gasteiger partial charge in [0.15, 0.2) is 11.9 Å². The van der Waals surface area contributed by atoms with Crippen molar-refractivity contribution in [2.24, 2.45) is 0 Å². The highest BCUT2D eigenvalue weighted by Gasteiger charge is 2.41. The van der Waals surface area contributed by atoms with Gasteiger partial charge in [-0.3, -0.25) is 28.9 Å². The number of aliphatic hydroxyl groups excluding tert-OH is 1. The molecule has 2 aromatic carbocycles. The molecule has 4 rings (SSSR count). The number of amides is 3. The van der Waals surface area contributed by atoms with Crippen molar-refractivity contribution in [3.63, 3.8) is 0 Å². The second kappa shape index (κ2) is 16.3. The topological polar surface area (TPSA) is 150 Å². The van der Waals surface area contributed by atoms with Crippen LogP contribution in [0.1, 0.15) is 33.3 Å². The van der Waals surface area contributed by atoms with Gasteiger partial charge in [-0.15, -0.1) is 11.8 Å². The lowest BCUT2D eigenvalue weighted by Crippen LogP contribution is -2.58. The number of nitrogens with one attached hydrogen (secondary N) is 3. The SMILES string of the molecule is C[C@H](NSCC(=O)COc1cccc2cnccc12)C(=O)N[C@@H](Cc1ccccc1)[C@H](O)C(=O)N1CSC[C@H]1C(=O)NC(C)(C)C. The first-order valence-electron chi connectivity index (χ1n) is 15.0. The van der Waals surface area contributed by atoms with Crippen molar-refractivity contribution >= 4 is 58.0 Å². The minimum atomic E-state index is -1.59. The molecular formula is C33H41N5O6S2. The van der Waals surface area contributed by atoms with Gasteiger partial charge in [-0.2, -0.15) is 0 Å². The molecule has 4 atom stereocenters. The third-order valence-corrected chi connectivity index (χ3v) is 9.14. The molecule has 0 saturated carbocycles. The lowest BCUT2D eigenvalue weighted by atomic mass is 9.99. The fourth-order valence-electron chi connectivity index (χ4n) is 4.81. The Labute approximate surface area is 277 Å². The molecule has 0 radical (unpaired) electrons. The van der Waals surface area contributed by atoms with E-state index in [0.29, 0.717) is 11.5 Å². The molecule has 1 aliphatic rings. The number of rotatable bonds is 14. The van der Waals surface area contributed by atoms with Gasteiger partial charge in [0.25, 0.3) is 5.91 Å². The van der Waals surface area contributed by atoms with E-state index in [9.17, 15) is 24.3 Å². The number of fused-ring (bicyclic) bond motifs is 1. The fraction of sp³-hybridized carbons (Fsp3) is 0.424. The van der Waals surface area contributed by atoms with Crippen molar-refractivity contribution in [2.75, 3.05) is 24.0 Å². The van der Waals surface area contributed by atoms with Crippen LogP contribution in [0, 0.1) is 0 Å². The Balaban J connectivity index is 1.32. The first kappa shape index (κ1) is 35.2. The van der Waals surface area contributed by atoms with Gasteiger partial charge in [-0.1, -0.05) is 54.4 Å². The number of pyridine rings is 1. The summed E-state index contributed by atoms with van der Waals surface area (Å²) >= 11 is 2.51. The van der Waals surface area contributed by atoms with E-state index in [4.69, 9.17) is 4.74 Å². The van der Waals surface area contributed by atoms with E-state index in [-0.39, 0.29) is 36.3 Å². The molecule has 3 amide bonds. The third-order valence-electron chi connectivity index (χ3n) is 7.14. The second-order valence-electron chi connectivity index (χ2n) is 12.1. The summed E-state index contributed by atoms with van der Waals surface area (Å²) in [7, 11) is 0. The van der Waals surface area contributed by atoms with Crippen LogP contribution in [-0.2, 0) is 25.6 Å². The maximum absolute atomic E-state index is 13.6. The van der Waals surface area contributed by atoms with Crippen LogP contribution in [0.25, 0.3) is 10.8 Å². The number of ketones is 1. The highest BCUT2D eigenvalue weighted by molar-refractivity contribution is 7.99. The summed E-state index contributed by atoms with van der Waals surface area (Å²) in [4.78, 5) is 57.7. The van der Waals surface area contributed by atoms with Crippen molar-refractivity contribution in [3.05, 3.63) is 72.6 Å². The van der Waals surface area contributed by atoms with E-state index in [2.05, 4.69) is 20.3 Å². The number of aliphatic hydroxyl groups is 1. The number of hydrogen-bond acceptors (Lipinski definition) is 10. The third kappa shape index (κ3) is 9.92. The Morgan fingerprint density at radius 3 is 2.61 bits per heavy atom. The van der Waals surface area contributed by atoms with Gasteiger partial charge in [-0.25, -0.2) is 0 Å². The maximum Gasteiger partial charge on any atom is 0.254 e. The largest absolute Gasteiger partial charge is 0.485 e. The van der Waals surface area contributed by atoms with E-state index >= 15 is 0 Å². The summed E-state index contributed by atoms with van der Waals surface area (Å²) in [5.41, 5.74) is 0.343. The number of hydrogen-bond donors (Lipinski definition) is 4. The first-order valence-corrected chi connectivity index (χ1v) is 17.1. The second-order valence-corrected chi connectivity index (χ2v) is 13.9. The summed E-state index contributed by atoms with van der Waals surface area (Å²) in [6.07, 6.45) is 2.00. The molecule has 1 aliphatic heterocycles. The molecule has 0 aliphatic carbocycles. The van der Waals surface area contributed by atoms with Crippen molar-refractivity contribution in [3.8, 4) is 5.75 Å². The van der Waals surface area contributed by atoms with Crippen LogP contribution in [-0.4, -0.2) is 92.3 Å². The average molecular weight is 668 g/mol. The van der Waals surface area contributed by atoms with Gasteiger partial charge in [0.1, 0.15) is 18.4 Å². The quantitative estimate of drug-likeness (QED) is 0.189. The highest BCUT2D eigenvalue weighted by Crippen LogP contribution is 2.25. The van der Waals surface area contributed by atoms with Gasteiger partial charge < -0.3 is 25.4 Å². The normalized spacial score (nSPS) is 16.8. The number of nitrogens with zero attached hydrogens (tertiary/aromatic N) is 2. The summed E-state index contributed by atoms with van der Waals surface area (Å²) in [5.74, 6) is -0.215. The molecule has 13 heteroatoms. The molecule has 1 saturated heterocycles. The molecule has 4 N–H and O–H groups in total. The Hall–Kier alpha value is -3.65. The number of ether oxygens (including phenoxy) is 1. The van der Waals surface area contributed by atoms with Crippen LogP contribution in [0.4, 0.5) is 0 Å². The minimum absolute atomic E-state index is 0.0587. The first-order chi connectivity index (χ1) is 21.9. The molecule has 0 spiro atoms. The Kier molecular flexibility index (Phi) is 12.4. The van der Waals surface area contributed by atoms with Crippen LogP contribution < -0.4 is 20.1 Å². The van der Waals surface area contributed by atoms with Crippen LogP contribution in [0.15, 0.2) is 67.0 Å². The molecule has 0 unspecified atom stereocenters. The highest BCUT2D eigenvalue weighted by atomic mass is 32.2. The van der Waals surface area contributed by atoms with E-state index < -0.39 is 41.6 Å². The fourth-order valence-corrected chi connectivity index (χ4v) is 6.66. The lowest BCUT2D eigenvalue weighted by molar-refractivity contribution is -0.147. The molecule has 2 heterocycles. The molecular weight excluding hydrogens is 627 g/mol. The van der Waals surface area contributed by atoms with Crippen LogP contribution in [0.5, 0.6) is 5.75 Å². The number of carbonyl (C=O) groups excluding carboxylic acids is 4. The van der Waals surface area contributed by atoms with Crippen molar-refractivity contribution < 1.29 is 29.0 Å². The van der Waals surface area contributed by atoms with Crippen molar-refractivity contribution in [1.29, 1.82) is 0 Å². The van der Waals surface area contributed by atoms with Crippen LogP contribution >= 0.6 is 23.7 Å². The zero-order valence-corrected chi connectivity index (χ0v) is 28.0. The zero-order chi connectivity index (χ0) is 33.3. The summed E-state index contributed by atoms with van der Waals surface area (Å²) in [6, 6.07) is 14.2. The molecule has 11 nitrogen and oxygen atoms in total. The molecule has 0 bridgehead atoms. The summed E-state index contributed by atoms with van der Waals surface area (Å²) in [5, 5.41) is 18.8. The molecule has 1 aromatic heterocycles. The number of Topliss-reactive ketones (excluding diaryl/α,β-unsaturated/α-hetero) is 1. The number of benzene rings is 2. The van der Waals surface area contributed by atoms with Crippen LogP contribution in [0.3, 0.4) is 0 Å². The smallest absolute Gasteiger partial charge is 0.254 e. The summed E-state index contributed by atoms with van der Waals surface area (Å²) in [6.45, 7) is 7.09. The monoisotopic (exact) mass is 667 g/mol. The Morgan fingerprint density at radius 2 is 1.87 bits per heavy atom. The minimum Gasteiger partial charge on any atom is -0.485 e. The zero-order valence-electron chi connectivity index (χ0n) is 26.4. The molecule has 1 fully saturated rings. The van der Waals surface area contributed by atoms with Gasteiger partial charge >= 0.3 is 0 Å². The van der Waals surface area contributed by atoms with Gasteiger partial charge in [0.05, 0.1) is 23.7 Å². The van der Waals surface area contributed by atoms with Crippen LogP contribution in [0.2, 0.25) is 0 Å². The van der Waals surface area contributed by atoms with Gasteiger partial charge in [-0.05, 0) is 51.8 Å². The predicted octanol–water partition coefficient (Wildman–Crippen LogP) is 2.71. The molecule has 46 heavy (non-hydrogen) atoms. The lowest BCUT2D eigenvalue weighted by Gasteiger charge is -2.31.